The number of rotatable bonds is 3. The third kappa shape index (κ3) is 2.97. The van der Waals surface area contributed by atoms with Gasteiger partial charge in [-0.25, -0.2) is 4.79 Å². The summed E-state index contributed by atoms with van der Waals surface area (Å²) in [5, 5.41) is 21.5. The van der Waals surface area contributed by atoms with Crippen molar-refractivity contribution in [3.63, 3.8) is 0 Å². The maximum atomic E-state index is 12.1. The number of anilines is 1. The molecule has 1 fully saturated rings. The van der Waals surface area contributed by atoms with E-state index in [9.17, 15) is 15.0 Å². The molecule has 1 aromatic rings. The molecule has 19 heavy (non-hydrogen) atoms. The van der Waals surface area contributed by atoms with E-state index in [1.54, 1.807) is 18.2 Å². The summed E-state index contributed by atoms with van der Waals surface area (Å²) in [5.74, 6) is 0.566. The molecule has 3 N–H and O–H groups in total. The molecule has 104 valence electrons. The summed E-state index contributed by atoms with van der Waals surface area (Å²) >= 11 is 0. The lowest BCUT2D eigenvalue weighted by molar-refractivity contribution is 0.164. The molecule has 0 bridgehead atoms. The Labute approximate surface area is 111 Å². The summed E-state index contributed by atoms with van der Waals surface area (Å²) < 4.78 is 5.15. The van der Waals surface area contributed by atoms with Gasteiger partial charge in [0.1, 0.15) is 5.75 Å². The molecule has 1 aliphatic heterocycles. The van der Waals surface area contributed by atoms with E-state index in [2.05, 4.69) is 5.32 Å². The predicted octanol–water partition coefficient (Wildman–Crippen LogP) is 0.655. The first-order chi connectivity index (χ1) is 9.15. The molecule has 6 heteroatoms. The molecule has 0 radical (unpaired) electrons. The Kier molecular flexibility index (Phi) is 4.24. The van der Waals surface area contributed by atoms with Gasteiger partial charge in [0, 0.05) is 6.54 Å². The van der Waals surface area contributed by atoms with Gasteiger partial charge in [0.25, 0.3) is 0 Å². The fourth-order valence-corrected chi connectivity index (χ4v) is 2.25. The number of methoxy groups -OCH3 is 1. The molecule has 1 aliphatic rings. The second kappa shape index (κ2) is 5.90. The van der Waals surface area contributed by atoms with Crippen LogP contribution in [0.4, 0.5) is 10.5 Å². The summed E-state index contributed by atoms with van der Waals surface area (Å²) in [6, 6.07) is 6.39. The van der Waals surface area contributed by atoms with Gasteiger partial charge >= 0.3 is 6.03 Å². The van der Waals surface area contributed by atoms with Gasteiger partial charge in [-0.1, -0.05) is 12.1 Å². The fraction of sp³-hybridized carbons (Fsp3) is 0.462. The maximum absolute atomic E-state index is 12.1. The van der Waals surface area contributed by atoms with Gasteiger partial charge in [-0.05, 0) is 18.6 Å². The largest absolute Gasteiger partial charge is 0.495 e. The molecule has 6 nitrogen and oxygen atoms in total. The number of nitrogens with zero attached hydrogens (tertiary/aromatic N) is 1. The highest BCUT2D eigenvalue weighted by Gasteiger charge is 2.34. The number of aliphatic hydroxyl groups is 2. The lowest BCUT2D eigenvalue weighted by Gasteiger charge is -2.23. The molecule has 1 saturated heterocycles. The normalized spacial score (nSPS) is 22.4. The van der Waals surface area contributed by atoms with E-state index in [0.717, 1.165) is 0 Å². The highest BCUT2D eigenvalue weighted by atomic mass is 16.5. The predicted molar refractivity (Wildman–Crippen MR) is 70.2 cm³/mol. The molecule has 2 amide bonds. The van der Waals surface area contributed by atoms with Crippen LogP contribution in [0.5, 0.6) is 5.75 Å². The number of hydrogen-bond acceptors (Lipinski definition) is 4. The van der Waals surface area contributed by atoms with Crippen LogP contribution in [0.25, 0.3) is 0 Å². The molecule has 0 aliphatic carbocycles. The zero-order valence-corrected chi connectivity index (χ0v) is 10.7. The van der Waals surface area contributed by atoms with Crippen molar-refractivity contribution in [2.45, 2.75) is 18.6 Å². The molecule has 2 atom stereocenters. The van der Waals surface area contributed by atoms with Crippen molar-refractivity contribution in [3.05, 3.63) is 24.3 Å². The zero-order chi connectivity index (χ0) is 13.8. The number of amides is 2. The minimum atomic E-state index is -0.583. The number of carbonyl (C=O) groups is 1. The highest BCUT2D eigenvalue weighted by molar-refractivity contribution is 5.91. The van der Waals surface area contributed by atoms with Crippen molar-refractivity contribution in [2.75, 3.05) is 25.6 Å². The number of hydrogen-bond donors (Lipinski definition) is 3. The molecule has 2 rings (SSSR count). The SMILES string of the molecule is COc1ccccc1NC(=O)N1C[C@@H](O)C[C@@H]1CO. The summed E-state index contributed by atoms with van der Waals surface area (Å²) in [7, 11) is 1.53. The zero-order valence-electron chi connectivity index (χ0n) is 10.7. The fourth-order valence-electron chi connectivity index (χ4n) is 2.25. The number of likely N-dealkylation sites (tertiary alicyclic amines) is 1. The number of benzene rings is 1. The topological polar surface area (TPSA) is 82.0 Å². The third-order valence-corrected chi connectivity index (χ3v) is 3.21. The Balaban J connectivity index is 2.08. The van der Waals surface area contributed by atoms with Gasteiger partial charge in [0.2, 0.25) is 0 Å². The van der Waals surface area contributed by atoms with E-state index in [0.29, 0.717) is 17.9 Å². The van der Waals surface area contributed by atoms with Crippen LogP contribution in [0.15, 0.2) is 24.3 Å². The van der Waals surface area contributed by atoms with Crippen LogP contribution in [0.3, 0.4) is 0 Å². The van der Waals surface area contributed by atoms with Gasteiger partial charge in [0.15, 0.2) is 0 Å². The quantitative estimate of drug-likeness (QED) is 0.750. The average molecular weight is 266 g/mol. The maximum Gasteiger partial charge on any atom is 0.322 e. The summed E-state index contributed by atoms with van der Waals surface area (Å²) in [4.78, 5) is 13.6. The summed E-state index contributed by atoms with van der Waals surface area (Å²) in [5.41, 5.74) is 0.563. The second-order valence-corrected chi connectivity index (χ2v) is 4.51. The molecule has 0 saturated carbocycles. The van der Waals surface area contributed by atoms with E-state index >= 15 is 0 Å². The monoisotopic (exact) mass is 266 g/mol. The lowest BCUT2D eigenvalue weighted by atomic mass is 10.2. The van der Waals surface area contributed by atoms with Gasteiger partial charge in [-0.3, -0.25) is 0 Å². The molecular weight excluding hydrogens is 248 g/mol. The van der Waals surface area contributed by atoms with Crippen molar-refractivity contribution in [1.29, 1.82) is 0 Å². The number of aliphatic hydroxyl groups excluding tert-OH is 2. The van der Waals surface area contributed by atoms with Crippen LogP contribution < -0.4 is 10.1 Å². The minimum Gasteiger partial charge on any atom is -0.495 e. The number of β-amino-alcohol motifs (C(OH)–C–C–N with tert-alkyl or cyclic N) is 1. The Morgan fingerprint density at radius 3 is 2.95 bits per heavy atom. The Morgan fingerprint density at radius 1 is 1.53 bits per heavy atom. The van der Waals surface area contributed by atoms with E-state index in [1.807, 2.05) is 6.07 Å². The van der Waals surface area contributed by atoms with Crippen LogP contribution in [-0.4, -0.2) is 53.6 Å². The number of ether oxygens (including phenoxy) is 1. The molecular formula is C13H18N2O4. The van der Waals surface area contributed by atoms with E-state index < -0.39 is 6.10 Å². The number of nitrogens with one attached hydrogen (secondary N) is 1. The summed E-state index contributed by atoms with van der Waals surface area (Å²) in [6.07, 6.45) is -0.184. The smallest absolute Gasteiger partial charge is 0.322 e. The first-order valence-electron chi connectivity index (χ1n) is 6.15. The van der Waals surface area contributed by atoms with Gasteiger partial charge < -0.3 is 25.2 Å². The van der Waals surface area contributed by atoms with Crippen molar-refractivity contribution >= 4 is 11.7 Å². The van der Waals surface area contributed by atoms with Crippen molar-refractivity contribution < 1.29 is 19.7 Å². The standard InChI is InChI=1S/C13H18N2O4/c1-19-12-5-3-2-4-11(12)14-13(18)15-7-10(17)6-9(15)8-16/h2-5,9-10,16-17H,6-8H2,1H3,(H,14,18)/t9-,10+/m1/s1. The third-order valence-electron chi connectivity index (χ3n) is 3.21. The van der Waals surface area contributed by atoms with E-state index in [1.165, 1.54) is 12.0 Å². The molecule has 0 unspecified atom stereocenters. The van der Waals surface area contributed by atoms with Crippen LogP contribution in [-0.2, 0) is 0 Å². The van der Waals surface area contributed by atoms with E-state index in [-0.39, 0.29) is 25.2 Å². The van der Waals surface area contributed by atoms with E-state index in [4.69, 9.17) is 4.74 Å². The first-order valence-corrected chi connectivity index (χ1v) is 6.15. The van der Waals surface area contributed by atoms with Crippen LogP contribution in [0.1, 0.15) is 6.42 Å². The van der Waals surface area contributed by atoms with Crippen molar-refractivity contribution in [2.24, 2.45) is 0 Å². The lowest BCUT2D eigenvalue weighted by Crippen LogP contribution is -2.40. The van der Waals surface area contributed by atoms with Crippen LogP contribution >= 0.6 is 0 Å². The molecule has 1 heterocycles. The number of para-hydroxylation sites is 2. The van der Waals surface area contributed by atoms with Gasteiger partial charge in [0.05, 0.1) is 31.5 Å². The molecule has 0 aromatic heterocycles. The first kappa shape index (κ1) is 13.6. The molecule has 0 spiro atoms. The number of carbonyl (C=O) groups excluding carboxylic acids is 1. The van der Waals surface area contributed by atoms with Gasteiger partial charge in [-0.15, -0.1) is 0 Å². The minimum absolute atomic E-state index is 0.156. The Hall–Kier alpha value is -1.79. The van der Waals surface area contributed by atoms with Crippen molar-refractivity contribution in [3.8, 4) is 5.75 Å². The average Bonchev–Trinajstić information content (AvgIpc) is 2.80. The van der Waals surface area contributed by atoms with Crippen molar-refractivity contribution in [1.82, 2.24) is 4.90 Å². The van der Waals surface area contributed by atoms with Gasteiger partial charge in [-0.2, -0.15) is 0 Å². The molecule has 1 aromatic carbocycles. The second-order valence-electron chi connectivity index (χ2n) is 4.51. The number of urea groups is 1. The Morgan fingerprint density at radius 2 is 2.26 bits per heavy atom. The summed E-state index contributed by atoms with van der Waals surface area (Å²) in [6.45, 7) is 0.0720. The van der Waals surface area contributed by atoms with Crippen LogP contribution in [0.2, 0.25) is 0 Å². The Bertz CT molecular complexity index is 452. The highest BCUT2D eigenvalue weighted by Crippen LogP contribution is 2.25. The van der Waals surface area contributed by atoms with Crippen LogP contribution in [0, 0.1) is 0 Å².